The zero-order chi connectivity index (χ0) is 18.5. The summed E-state index contributed by atoms with van der Waals surface area (Å²) in [5, 5.41) is 2.81. The van der Waals surface area contributed by atoms with E-state index in [1.807, 2.05) is 28.5 Å². The van der Waals surface area contributed by atoms with E-state index in [4.69, 9.17) is 15.2 Å². The molecule has 2 N–H and O–H groups in total. The minimum Gasteiger partial charge on any atom is -0.493 e. The van der Waals surface area contributed by atoms with Crippen molar-refractivity contribution in [3.63, 3.8) is 0 Å². The molecule has 1 aliphatic heterocycles. The Labute approximate surface area is 182 Å². The number of carbonyl (C=O) groups excluding carboxylic acids is 1. The summed E-state index contributed by atoms with van der Waals surface area (Å²) in [7, 11) is 3.22. The van der Waals surface area contributed by atoms with Gasteiger partial charge in [-0.1, -0.05) is 0 Å². The van der Waals surface area contributed by atoms with Crippen LogP contribution in [0.4, 0.5) is 0 Å². The van der Waals surface area contributed by atoms with Gasteiger partial charge >= 0.3 is 0 Å². The first-order chi connectivity index (χ1) is 12.7. The molecular weight excluding hydrogens is 421 g/mol. The Morgan fingerprint density at radius 2 is 2.00 bits per heavy atom. The van der Waals surface area contributed by atoms with Gasteiger partial charge in [0.1, 0.15) is 5.01 Å². The molecule has 0 radical (unpaired) electrons. The number of thiazole rings is 1. The Bertz CT molecular complexity index is 773. The molecule has 156 valence electrons. The lowest BCUT2D eigenvalue weighted by Crippen LogP contribution is -2.48. The van der Waals surface area contributed by atoms with Crippen LogP contribution in [0.3, 0.4) is 0 Å². The average Bonchev–Trinajstić information content (AvgIpc) is 3.15. The molecule has 1 unspecified atom stereocenters. The minimum atomic E-state index is 0. The predicted molar refractivity (Wildman–Crippen MR) is 117 cm³/mol. The van der Waals surface area contributed by atoms with E-state index in [2.05, 4.69) is 4.98 Å². The number of benzene rings is 1. The molecule has 1 amide bonds. The number of nitrogens with two attached hydrogens (primary N) is 1. The number of halogens is 2. The second-order valence-electron chi connectivity index (χ2n) is 6.36. The molecule has 1 aliphatic rings. The van der Waals surface area contributed by atoms with Crippen molar-refractivity contribution in [2.45, 2.75) is 31.7 Å². The Kier molecular flexibility index (Phi) is 10.0. The molecule has 1 aromatic carbocycles. The maximum absolute atomic E-state index is 12.7. The summed E-state index contributed by atoms with van der Waals surface area (Å²) in [5.74, 6) is 1.46. The van der Waals surface area contributed by atoms with Crippen LogP contribution >= 0.6 is 36.2 Å². The number of rotatable bonds is 6. The second kappa shape index (κ2) is 11.5. The number of likely N-dealkylation sites (tertiary alicyclic amines) is 1. The van der Waals surface area contributed by atoms with E-state index in [-0.39, 0.29) is 36.8 Å². The lowest BCUT2D eigenvalue weighted by atomic mass is 10.0. The van der Waals surface area contributed by atoms with E-state index in [0.29, 0.717) is 24.5 Å². The number of amides is 1. The third-order valence-corrected chi connectivity index (χ3v) is 5.67. The van der Waals surface area contributed by atoms with Crippen LogP contribution in [0.15, 0.2) is 23.6 Å². The zero-order valence-electron chi connectivity index (χ0n) is 16.1. The van der Waals surface area contributed by atoms with E-state index in [1.165, 1.54) is 11.3 Å². The van der Waals surface area contributed by atoms with Crippen molar-refractivity contribution in [3.05, 3.63) is 29.3 Å². The molecule has 6 nitrogen and oxygen atoms in total. The summed E-state index contributed by atoms with van der Waals surface area (Å²) in [4.78, 5) is 19.2. The summed E-state index contributed by atoms with van der Waals surface area (Å²) in [6.07, 6.45) is 3.51. The fourth-order valence-corrected chi connectivity index (χ4v) is 4.14. The summed E-state index contributed by atoms with van der Waals surface area (Å²) < 4.78 is 10.6. The molecular formula is C19H27Cl2N3O3S. The van der Waals surface area contributed by atoms with Gasteiger partial charge in [0.2, 0.25) is 5.91 Å². The van der Waals surface area contributed by atoms with Gasteiger partial charge in [0, 0.05) is 30.1 Å². The maximum Gasteiger partial charge on any atom is 0.228 e. The second-order valence-corrected chi connectivity index (χ2v) is 7.22. The van der Waals surface area contributed by atoms with E-state index in [1.54, 1.807) is 14.2 Å². The number of ether oxygens (including phenoxy) is 2. The molecule has 1 fully saturated rings. The van der Waals surface area contributed by atoms with Crippen molar-refractivity contribution >= 4 is 42.1 Å². The van der Waals surface area contributed by atoms with Crippen molar-refractivity contribution in [2.24, 2.45) is 5.73 Å². The van der Waals surface area contributed by atoms with Crippen LogP contribution < -0.4 is 15.2 Å². The number of methoxy groups -OCH3 is 2. The highest BCUT2D eigenvalue weighted by molar-refractivity contribution is 7.13. The van der Waals surface area contributed by atoms with Gasteiger partial charge in [-0.2, -0.15) is 0 Å². The van der Waals surface area contributed by atoms with E-state index in [9.17, 15) is 4.79 Å². The van der Waals surface area contributed by atoms with Crippen LogP contribution in [0.1, 0.15) is 25.0 Å². The van der Waals surface area contributed by atoms with Gasteiger partial charge in [-0.3, -0.25) is 4.79 Å². The van der Waals surface area contributed by atoms with Gasteiger partial charge in [-0.25, -0.2) is 4.98 Å². The van der Waals surface area contributed by atoms with Crippen molar-refractivity contribution in [2.75, 3.05) is 27.3 Å². The molecule has 9 heteroatoms. The molecule has 1 aromatic heterocycles. The lowest BCUT2D eigenvalue weighted by molar-refractivity contribution is -0.133. The highest BCUT2D eigenvalue weighted by Gasteiger charge is 2.26. The van der Waals surface area contributed by atoms with Crippen LogP contribution in [0.5, 0.6) is 11.5 Å². The molecule has 2 aromatic rings. The first-order valence-electron chi connectivity index (χ1n) is 8.82. The van der Waals surface area contributed by atoms with E-state index >= 15 is 0 Å². The number of nitrogens with zero attached hydrogens (tertiary/aromatic N) is 2. The fourth-order valence-electron chi connectivity index (χ4n) is 3.32. The van der Waals surface area contributed by atoms with E-state index < -0.39 is 0 Å². The first-order valence-corrected chi connectivity index (χ1v) is 9.70. The Hall–Kier alpha value is -1.54. The molecule has 2 heterocycles. The van der Waals surface area contributed by atoms with Gasteiger partial charge in [-0.15, -0.1) is 36.2 Å². The summed E-state index contributed by atoms with van der Waals surface area (Å²) in [6.45, 7) is 1.33. The van der Waals surface area contributed by atoms with Crippen molar-refractivity contribution in [1.29, 1.82) is 0 Å². The molecule has 1 saturated heterocycles. The number of hydrogen-bond acceptors (Lipinski definition) is 6. The van der Waals surface area contributed by atoms with Crippen LogP contribution in [0.25, 0.3) is 10.6 Å². The molecule has 0 aliphatic carbocycles. The SMILES string of the molecule is COc1ccc(-c2nc(CC(=O)N3CCCCC3CN)cs2)cc1OC.Cl.Cl. The molecule has 0 spiro atoms. The first kappa shape index (κ1) is 24.5. The van der Waals surface area contributed by atoms with Crippen LogP contribution in [0.2, 0.25) is 0 Å². The standard InChI is InChI=1S/C19H25N3O3S.2ClH/c1-24-16-7-6-13(9-17(16)25-2)19-21-14(12-26-19)10-18(23)22-8-4-3-5-15(22)11-20;;/h6-7,9,12,15H,3-5,8,10-11,20H2,1-2H3;2*1H. The molecule has 1 atom stereocenters. The monoisotopic (exact) mass is 447 g/mol. The zero-order valence-corrected chi connectivity index (χ0v) is 18.5. The number of carbonyl (C=O) groups is 1. The predicted octanol–water partition coefficient (Wildman–Crippen LogP) is 3.55. The Morgan fingerprint density at radius 3 is 2.68 bits per heavy atom. The number of aromatic nitrogens is 1. The van der Waals surface area contributed by atoms with Crippen molar-refractivity contribution in [1.82, 2.24) is 9.88 Å². The maximum atomic E-state index is 12.7. The van der Waals surface area contributed by atoms with Gasteiger partial charge in [0.25, 0.3) is 0 Å². The van der Waals surface area contributed by atoms with Crippen molar-refractivity contribution < 1.29 is 14.3 Å². The third-order valence-electron chi connectivity index (χ3n) is 4.73. The normalized spacial score (nSPS) is 16.0. The van der Waals surface area contributed by atoms with Gasteiger partial charge in [0.05, 0.1) is 26.3 Å². The highest BCUT2D eigenvalue weighted by atomic mass is 35.5. The Balaban J connectivity index is 0.00000196. The smallest absolute Gasteiger partial charge is 0.228 e. The quantitative estimate of drug-likeness (QED) is 0.732. The average molecular weight is 448 g/mol. The summed E-state index contributed by atoms with van der Waals surface area (Å²) in [6, 6.07) is 5.87. The third kappa shape index (κ3) is 5.50. The number of hydrogen-bond donors (Lipinski definition) is 1. The molecule has 0 bridgehead atoms. The van der Waals surface area contributed by atoms with Gasteiger partial charge in [0.15, 0.2) is 11.5 Å². The fraction of sp³-hybridized carbons (Fsp3) is 0.474. The molecule has 0 saturated carbocycles. The summed E-state index contributed by atoms with van der Waals surface area (Å²) >= 11 is 1.53. The van der Waals surface area contributed by atoms with Crippen LogP contribution in [-0.2, 0) is 11.2 Å². The van der Waals surface area contributed by atoms with Crippen LogP contribution in [-0.4, -0.2) is 49.1 Å². The summed E-state index contributed by atoms with van der Waals surface area (Å²) in [5.41, 5.74) is 7.57. The van der Waals surface area contributed by atoms with E-state index in [0.717, 1.165) is 42.1 Å². The van der Waals surface area contributed by atoms with Crippen molar-refractivity contribution in [3.8, 4) is 22.1 Å². The topological polar surface area (TPSA) is 77.7 Å². The Morgan fingerprint density at radius 1 is 1.25 bits per heavy atom. The minimum absolute atomic E-state index is 0. The van der Waals surface area contributed by atoms with Gasteiger partial charge in [-0.05, 0) is 37.5 Å². The largest absolute Gasteiger partial charge is 0.493 e. The number of piperidine rings is 1. The molecule has 3 rings (SSSR count). The molecule has 28 heavy (non-hydrogen) atoms. The van der Waals surface area contributed by atoms with Crippen LogP contribution in [0, 0.1) is 0 Å². The van der Waals surface area contributed by atoms with Gasteiger partial charge < -0.3 is 20.1 Å². The highest BCUT2D eigenvalue weighted by Crippen LogP contribution is 2.33. The lowest BCUT2D eigenvalue weighted by Gasteiger charge is -2.35.